The van der Waals surface area contributed by atoms with Crippen LogP contribution in [0.3, 0.4) is 0 Å². The van der Waals surface area contributed by atoms with E-state index in [-0.39, 0.29) is 26.2 Å². The van der Waals surface area contributed by atoms with Crippen LogP contribution in [0, 0.1) is 11.6 Å². The fraction of sp³-hybridized carbons (Fsp3) is 0.294. The second kappa shape index (κ2) is 7.08. The van der Waals surface area contributed by atoms with Gasteiger partial charge in [0.2, 0.25) is 10.0 Å². The smallest absolute Gasteiger partial charge is 0.369 e. The van der Waals surface area contributed by atoms with Crippen LogP contribution < -0.4 is 4.90 Å². The van der Waals surface area contributed by atoms with E-state index in [9.17, 15) is 30.4 Å². The zero-order chi connectivity index (χ0) is 19.8. The summed E-state index contributed by atoms with van der Waals surface area (Å²) >= 11 is 0. The van der Waals surface area contributed by atoms with Crippen molar-refractivity contribution in [1.82, 2.24) is 4.31 Å². The zero-order valence-corrected chi connectivity index (χ0v) is 14.7. The summed E-state index contributed by atoms with van der Waals surface area (Å²) in [4.78, 5) is 0.580. The first-order valence-corrected chi connectivity index (χ1v) is 9.41. The van der Waals surface area contributed by atoms with Crippen LogP contribution in [0.25, 0.3) is 0 Å². The highest BCUT2D eigenvalue weighted by Crippen LogP contribution is 2.32. The molecule has 0 unspecified atom stereocenters. The molecule has 10 heteroatoms. The largest absolute Gasteiger partial charge is 0.416 e. The van der Waals surface area contributed by atoms with Gasteiger partial charge in [0.05, 0.1) is 5.56 Å². The summed E-state index contributed by atoms with van der Waals surface area (Å²) in [7, 11) is -4.38. The molecule has 0 radical (unpaired) electrons. The summed E-state index contributed by atoms with van der Waals surface area (Å²) in [6, 6.07) is 7.48. The Kier molecular flexibility index (Phi) is 5.13. The normalized spacial score (nSPS) is 16.6. The second-order valence-corrected chi connectivity index (χ2v) is 7.86. The summed E-state index contributed by atoms with van der Waals surface area (Å²) in [6.45, 7) is -0.0219. The van der Waals surface area contributed by atoms with Crippen LogP contribution in [0.15, 0.2) is 47.4 Å². The average molecular weight is 406 g/mol. The Labute approximate surface area is 152 Å². The van der Waals surface area contributed by atoms with Crippen LogP contribution in [0.2, 0.25) is 0 Å². The van der Waals surface area contributed by atoms with Crippen LogP contribution >= 0.6 is 0 Å². The minimum atomic E-state index is -4.48. The van der Waals surface area contributed by atoms with Crippen LogP contribution in [0.4, 0.5) is 27.6 Å². The Hall–Kier alpha value is -2.20. The predicted octanol–water partition coefficient (Wildman–Crippen LogP) is 3.49. The van der Waals surface area contributed by atoms with Crippen LogP contribution in [-0.4, -0.2) is 38.9 Å². The van der Waals surface area contributed by atoms with Gasteiger partial charge in [-0.25, -0.2) is 17.2 Å². The molecule has 0 aliphatic carbocycles. The third-order valence-electron chi connectivity index (χ3n) is 4.29. The lowest BCUT2D eigenvalue weighted by atomic mass is 10.1. The highest BCUT2D eigenvalue weighted by molar-refractivity contribution is 7.89. The van der Waals surface area contributed by atoms with Gasteiger partial charge in [0.25, 0.3) is 0 Å². The number of sulfonamides is 1. The van der Waals surface area contributed by atoms with E-state index >= 15 is 0 Å². The Morgan fingerprint density at radius 3 is 1.96 bits per heavy atom. The quantitative estimate of drug-likeness (QED) is 0.733. The van der Waals surface area contributed by atoms with Gasteiger partial charge in [0.15, 0.2) is 4.90 Å². The molecule has 146 valence electrons. The third-order valence-corrected chi connectivity index (χ3v) is 6.24. The van der Waals surface area contributed by atoms with Gasteiger partial charge in [-0.2, -0.15) is 17.5 Å². The van der Waals surface area contributed by atoms with E-state index in [1.165, 1.54) is 12.1 Å². The van der Waals surface area contributed by atoms with Gasteiger partial charge in [-0.1, -0.05) is 12.1 Å². The molecule has 4 nitrogen and oxygen atoms in total. The molecule has 0 amide bonds. The molecule has 0 N–H and O–H groups in total. The molecule has 1 heterocycles. The first-order valence-electron chi connectivity index (χ1n) is 7.97. The van der Waals surface area contributed by atoms with Gasteiger partial charge in [-0.3, -0.25) is 0 Å². The second-order valence-electron chi connectivity index (χ2n) is 5.99. The van der Waals surface area contributed by atoms with E-state index < -0.39 is 38.3 Å². The summed E-state index contributed by atoms with van der Waals surface area (Å²) in [5.74, 6) is -2.37. The summed E-state index contributed by atoms with van der Waals surface area (Å²) in [6.07, 6.45) is -4.48. The molecule has 0 saturated carbocycles. The van der Waals surface area contributed by atoms with E-state index in [0.29, 0.717) is 5.69 Å². The highest BCUT2D eigenvalue weighted by Gasteiger charge is 2.34. The lowest BCUT2D eigenvalue weighted by molar-refractivity contribution is -0.137. The van der Waals surface area contributed by atoms with Crippen molar-refractivity contribution in [2.24, 2.45) is 0 Å². The number of hydrogen-bond donors (Lipinski definition) is 0. The van der Waals surface area contributed by atoms with E-state index in [2.05, 4.69) is 0 Å². The third kappa shape index (κ3) is 3.91. The molecule has 0 atom stereocenters. The molecule has 1 aliphatic rings. The van der Waals surface area contributed by atoms with Crippen molar-refractivity contribution < 1.29 is 30.4 Å². The van der Waals surface area contributed by atoms with Gasteiger partial charge in [0, 0.05) is 31.9 Å². The van der Waals surface area contributed by atoms with Crippen molar-refractivity contribution in [2.45, 2.75) is 11.1 Å². The number of benzene rings is 2. The number of rotatable bonds is 3. The number of piperazine rings is 1. The topological polar surface area (TPSA) is 40.6 Å². The van der Waals surface area contributed by atoms with E-state index in [0.717, 1.165) is 34.6 Å². The molecule has 1 aliphatic heterocycles. The lowest BCUT2D eigenvalue weighted by Gasteiger charge is -2.35. The summed E-state index contributed by atoms with van der Waals surface area (Å²) in [5, 5.41) is 0. The average Bonchev–Trinajstić information content (AvgIpc) is 2.61. The van der Waals surface area contributed by atoms with E-state index in [1.807, 2.05) is 0 Å². The molecular weight excluding hydrogens is 391 g/mol. The summed E-state index contributed by atoms with van der Waals surface area (Å²) in [5.41, 5.74) is -0.498. The number of nitrogens with zero attached hydrogens (tertiary/aromatic N) is 2. The van der Waals surface area contributed by atoms with E-state index in [4.69, 9.17) is 0 Å². The highest BCUT2D eigenvalue weighted by atomic mass is 32.2. The molecule has 2 aromatic rings. The van der Waals surface area contributed by atoms with Crippen molar-refractivity contribution in [3.8, 4) is 0 Å². The fourth-order valence-electron chi connectivity index (χ4n) is 2.92. The maximum Gasteiger partial charge on any atom is 0.416 e. The van der Waals surface area contributed by atoms with Crippen molar-refractivity contribution >= 4 is 15.7 Å². The van der Waals surface area contributed by atoms with Gasteiger partial charge in [-0.05, 0) is 30.3 Å². The minimum Gasteiger partial charge on any atom is -0.369 e. The predicted molar refractivity (Wildman–Crippen MR) is 88.8 cm³/mol. The summed E-state index contributed by atoms with van der Waals surface area (Å²) < 4.78 is 92.2. The molecular formula is C17H15F5N2O2S. The molecule has 2 aromatic carbocycles. The minimum absolute atomic E-state index is 0.0939. The maximum atomic E-state index is 13.8. The van der Waals surface area contributed by atoms with Gasteiger partial charge >= 0.3 is 6.18 Å². The Balaban J connectivity index is 1.78. The molecule has 0 spiro atoms. The standard InChI is InChI=1S/C17H15F5N2O2S/c18-14-5-2-6-15(19)16(14)27(25,26)24-9-7-23(8-10-24)13-4-1-3-12(11-13)17(20,21)22/h1-6,11H,7-10H2. The van der Waals surface area contributed by atoms with Crippen molar-refractivity contribution in [2.75, 3.05) is 31.1 Å². The number of hydrogen-bond acceptors (Lipinski definition) is 3. The molecule has 3 rings (SSSR count). The maximum absolute atomic E-state index is 13.8. The van der Waals surface area contributed by atoms with Gasteiger partial charge < -0.3 is 4.90 Å². The van der Waals surface area contributed by atoms with Crippen molar-refractivity contribution in [3.63, 3.8) is 0 Å². The Morgan fingerprint density at radius 1 is 0.852 bits per heavy atom. The van der Waals surface area contributed by atoms with Gasteiger partial charge in [0.1, 0.15) is 11.6 Å². The molecule has 1 fully saturated rings. The van der Waals surface area contributed by atoms with Gasteiger partial charge in [-0.15, -0.1) is 0 Å². The number of halogens is 5. The van der Waals surface area contributed by atoms with Crippen LogP contribution in [-0.2, 0) is 16.2 Å². The first-order chi connectivity index (χ1) is 12.6. The first kappa shape index (κ1) is 19.6. The monoisotopic (exact) mass is 406 g/mol. The fourth-order valence-corrected chi connectivity index (χ4v) is 4.45. The SMILES string of the molecule is O=S(=O)(c1c(F)cccc1F)N1CCN(c2cccc(C(F)(F)F)c2)CC1. The number of alkyl halides is 3. The Morgan fingerprint density at radius 2 is 1.41 bits per heavy atom. The zero-order valence-electron chi connectivity index (χ0n) is 13.9. The van der Waals surface area contributed by atoms with Crippen molar-refractivity contribution in [3.05, 3.63) is 59.7 Å². The molecule has 0 aromatic heterocycles. The lowest BCUT2D eigenvalue weighted by Crippen LogP contribution is -2.49. The van der Waals surface area contributed by atoms with Crippen LogP contribution in [0.5, 0.6) is 0 Å². The molecule has 27 heavy (non-hydrogen) atoms. The van der Waals surface area contributed by atoms with Crippen molar-refractivity contribution in [1.29, 1.82) is 0 Å². The number of anilines is 1. The molecule has 0 bridgehead atoms. The molecule has 1 saturated heterocycles. The van der Waals surface area contributed by atoms with E-state index in [1.54, 1.807) is 4.90 Å². The van der Waals surface area contributed by atoms with Crippen LogP contribution in [0.1, 0.15) is 5.56 Å². The Bertz CT molecular complexity index is 918.